The average molecular weight is 462 g/mol. The van der Waals surface area contributed by atoms with Crippen molar-refractivity contribution in [2.45, 2.75) is 13.8 Å². The highest BCUT2D eigenvalue weighted by molar-refractivity contribution is 7.80. The molecule has 33 heavy (non-hydrogen) atoms. The summed E-state index contributed by atoms with van der Waals surface area (Å²) < 4.78 is 5.76. The Morgan fingerprint density at radius 2 is 1.91 bits per heavy atom. The van der Waals surface area contributed by atoms with E-state index >= 15 is 0 Å². The molecule has 0 radical (unpaired) electrons. The van der Waals surface area contributed by atoms with Gasteiger partial charge in [-0.25, -0.2) is 4.98 Å². The standard InChI is InChI=1S/C23H18N4O5S/c1-12-10-14(11-16(20(12)28)22-25-17-7-3-4-9-19(17)32-22)24-23(33)26-21(29)15-6-5-8-18(13(15)2)27(30)31/h3-11,28H,1-2H3,(H2,24,26,29,33). The summed E-state index contributed by atoms with van der Waals surface area (Å²) in [7, 11) is 0. The van der Waals surface area contributed by atoms with Crippen molar-refractivity contribution in [2.75, 3.05) is 5.32 Å². The summed E-state index contributed by atoms with van der Waals surface area (Å²) in [4.78, 5) is 27.6. The first-order chi connectivity index (χ1) is 15.7. The molecule has 1 aromatic heterocycles. The highest BCUT2D eigenvalue weighted by Gasteiger charge is 2.19. The summed E-state index contributed by atoms with van der Waals surface area (Å²) in [5.41, 5.74) is 2.85. The van der Waals surface area contributed by atoms with Crippen LogP contribution in [0.15, 0.2) is 59.0 Å². The van der Waals surface area contributed by atoms with E-state index in [9.17, 15) is 20.0 Å². The summed E-state index contributed by atoms with van der Waals surface area (Å²) in [6, 6.07) is 14.7. The Hall–Kier alpha value is -4.31. The zero-order chi connectivity index (χ0) is 23.7. The SMILES string of the molecule is Cc1cc(NC(=S)NC(=O)c2cccc([N+](=O)[O-])c2C)cc(-c2nc3ccccc3o2)c1O. The first-order valence-corrected chi connectivity index (χ1v) is 10.2. The van der Waals surface area contributed by atoms with Crippen molar-refractivity contribution in [1.29, 1.82) is 0 Å². The number of nitro benzene ring substituents is 1. The molecule has 0 saturated carbocycles. The molecule has 4 rings (SSSR count). The van der Waals surface area contributed by atoms with E-state index in [1.165, 1.54) is 25.1 Å². The van der Waals surface area contributed by atoms with Gasteiger partial charge in [-0.05, 0) is 62.0 Å². The molecule has 10 heteroatoms. The summed E-state index contributed by atoms with van der Waals surface area (Å²) in [5, 5.41) is 27.1. The number of hydrogen-bond acceptors (Lipinski definition) is 7. The topological polar surface area (TPSA) is 131 Å². The van der Waals surface area contributed by atoms with E-state index in [4.69, 9.17) is 16.6 Å². The number of benzene rings is 3. The maximum atomic E-state index is 12.6. The van der Waals surface area contributed by atoms with Crippen molar-refractivity contribution in [3.8, 4) is 17.2 Å². The fourth-order valence-electron chi connectivity index (χ4n) is 3.40. The molecule has 4 aromatic rings. The summed E-state index contributed by atoms with van der Waals surface area (Å²) in [6.07, 6.45) is 0. The van der Waals surface area contributed by atoms with Gasteiger partial charge in [0.05, 0.1) is 10.5 Å². The van der Waals surface area contributed by atoms with Gasteiger partial charge in [0, 0.05) is 22.9 Å². The van der Waals surface area contributed by atoms with Crippen molar-refractivity contribution < 1.29 is 19.2 Å². The van der Waals surface area contributed by atoms with E-state index in [1.807, 2.05) is 12.1 Å². The Morgan fingerprint density at radius 1 is 1.15 bits per heavy atom. The Bertz CT molecular complexity index is 1400. The monoisotopic (exact) mass is 462 g/mol. The smallest absolute Gasteiger partial charge is 0.273 e. The number of phenolic OH excluding ortho intramolecular Hbond substituents is 1. The zero-order valence-electron chi connectivity index (χ0n) is 17.6. The largest absolute Gasteiger partial charge is 0.507 e. The van der Waals surface area contributed by atoms with Crippen LogP contribution in [0.25, 0.3) is 22.6 Å². The third-order valence-corrected chi connectivity index (χ3v) is 5.26. The molecular weight excluding hydrogens is 444 g/mol. The second-order valence-corrected chi connectivity index (χ2v) is 7.70. The minimum atomic E-state index is -0.580. The van der Waals surface area contributed by atoms with Gasteiger partial charge in [0.25, 0.3) is 11.6 Å². The van der Waals surface area contributed by atoms with Crippen molar-refractivity contribution in [3.05, 3.63) is 81.4 Å². The molecule has 0 bridgehead atoms. The number of aromatic hydroxyl groups is 1. The Labute approximate surface area is 193 Å². The number of carbonyl (C=O) groups is 1. The maximum Gasteiger partial charge on any atom is 0.273 e. The molecule has 1 amide bonds. The first kappa shape index (κ1) is 21.9. The molecule has 3 aromatic carbocycles. The number of fused-ring (bicyclic) bond motifs is 1. The number of nitrogens with one attached hydrogen (secondary N) is 2. The third-order valence-electron chi connectivity index (χ3n) is 5.06. The van der Waals surface area contributed by atoms with Crippen LogP contribution in [0, 0.1) is 24.0 Å². The van der Waals surface area contributed by atoms with Gasteiger partial charge in [0.15, 0.2) is 10.7 Å². The number of nitrogens with zero attached hydrogens (tertiary/aromatic N) is 2. The van der Waals surface area contributed by atoms with Crippen molar-refractivity contribution in [1.82, 2.24) is 10.3 Å². The van der Waals surface area contributed by atoms with Crippen molar-refractivity contribution in [3.63, 3.8) is 0 Å². The number of hydrogen-bond donors (Lipinski definition) is 3. The van der Waals surface area contributed by atoms with Crippen LogP contribution < -0.4 is 10.6 Å². The predicted molar refractivity (Wildman–Crippen MR) is 127 cm³/mol. The third kappa shape index (κ3) is 4.37. The molecule has 3 N–H and O–H groups in total. The van der Waals surface area contributed by atoms with Crippen LogP contribution >= 0.6 is 12.2 Å². The second kappa shape index (κ2) is 8.67. The van der Waals surface area contributed by atoms with E-state index in [-0.39, 0.29) is 33.6 Å². The summed E-state index contributed by atoms with van der Waals surface area (Å²) in [6.45, 7) is 3.21. The lowest BCUT2D eigenvalue weighted by Gasteiger charge is -2.13. The molecule has 166 valence electrons. The van der Waals surface area contributed by atoms with Gasteiger partial charge >= 0.3 is 0 Å². The van der Waals surface area contributed by atoms with Crippen LogP contribution in [-0.2, 0) is 0 Å². The van der Waals surface area contributed by atoms with Gasteiger partial charge in [0.2, 0.25) is 5.89 Å². The zero-order valence-corrected chi connectivity index (χ0v) is 18.4. The molecule has 9 nitrogen and oxygen atoms in total. The molecule has 0 aliphatic rings. The molecule has 0 unspecified atom stereocenters. The lowest BCUT2D eigenvalue weighted by molar-refractivity contribution is -0.385. The quantitative estimate of drug-likeness (QED) is 0.170. The number of aryl methyl sites for hydroxylation is 1. The minimum absolute atomic E-state index is 0.00859. The minimum Gasteiger partial charge on any atom is -0.507 e. The number of anilines is 1. The fourth-order valence-corrected chi connectivity index (χ4v) is 3.61. The number of nitro groups is 1. The van der Waals surface area contributed by atoms with Crippen LogP contribution in [-0.4, -0.2) is 26.0 Å². The molecular formula is C23H18N4O5S. The van der Waals surface area contributed by atoms with Crippen molar-refractivity contribution in [2.24, 2.45) is 0 Å². The Morgan fingerprint density at radius 3 is 2.64 bits per heavy atom. The van der Waals surface area contributed by atoms with Crippen molar-refractivity contribution >= 4 is 45.7 Å². The van der Waals surface area contributed by atoms with E-state index < -0.39 is 10.8 Å². The average Bonchev–Trinajstić information content (AvgIpc) is 3.20. The Kier molecular flexibility index (Phi) is 5.76. The lowest BCUT2D eigenvalue weighted by Crippen LogP contribution is -2.34. The molecule has 0 aliphatic heterocycles. The first-order valence-electron chi connectivity index (χ1n) is 9.80. The van der Waals surface area contributed by atoms with Gasteiger partial charge < -0.3 is 14.8 Å². The highest BCUT2D eigenvalue weighted by Crippen LogP contribution is 2.36. The van der Waals surface area contributed by atoms with Crippen LogP contribution in [0.4, 0.5) is 11.4 Å². The fraction of sp³-hybridized carbons (Fsp3) is 0.0870. The number of aromatic nitrogens is 1. The highest BCUT2D eigenvalue weighted by atomic mass is 32.1. The lowest BCUT2D eigenvalue weighted by atomic mass is 10.1. The number of oxazole rings is 1. The molecule has 0 spiro atoms. The Balaban J connectivity index is 1.57. The number of carbonyl (C=O) groups excluding carboxylic acids is 1. The number of phenols is 1. The number of amides is 1. The van der Waals surface area contributed by atoms with Crippen LogP contribution in [0.5, 0.6) is 5.75 Å². The molecule has 0 saturated heterocycles. The van der Waals surface area contributed by atoms with Gasteiger partial charge in [0.1, 0.15) is 11.3 Å². The second-order valence-electron chi connectivity index (χ2n) is 7.29. The summed E-state index contributed by atoms with van der Waals surface area (Å²) >= 11 is 5.25. The van der Waals surface area contributed by atoms with E-state index in [2.05, 4.69) is 15.6 Å². The number of thiocarbonyl (C=S) groups is 1. The number of rotatable bonds is 4. The van der Waals surface area contributed by atoms with Gasteiger partial charge in [-0.3, -0.25) is 20.2 Å². The van der Waals surface area contributed by atoms with Gasteiger partial charge in [-0.15, -0.1) is 0 Å². The van der Waals surface area contributed by atoms with Crippen LogP contribution in [0.2, 0.25) is 0 Å². The molecule has 0 fully saturated rings. The van der Waals surface area contributed by atoms with Gasteiger partial charge in [-0.1, -0.05) is 18.2 Å². The molecule has 0 aliphatic carbocycles. The predicted octanol–water partition coefficient (Wildman–Crippen LogP) is 4.85. The molecule has 0 atom stereocenters. The van der Waals surface area contributed by atoms with E-state index in [0.29, 0.717) is 27.9 Å². The maximum absolute atomic E-state index is 12.6. The normalized spacial score (nSPS) is 10.7. The van der Waals surface area contributed by atoms with Crippen LogP contribution in [0.3, 0.4) is 0 Å². The summed E-state index contributed by atoms with van der Waals surface area (Å²) in [5.74, 6) is -0.333. The van der Waals surface area contributed by atoms with E-state index in [0.717, 1.165) is 0 Å². The van der Waals surface area contributed by atoms with Crippen LogP contribution in [0.1, 0.15) is 21.5 Å². The number of para-hydroxylation sites is 2. The molecule has 1 heterocycles. The van der Waals surface area contributed by atoms with Gasteiger partial charge in [-0.2, -0.15) is 0 Å². The van der Waals surface area contributed by atoms with E-state index in [1.54, 1.807) is 31.2 Å².